The van der Waals surface area contributed by atoms with Crippen molar-refractivity contribution in [3.8, 4) is 0 Å². The molecule has 0 radical (unpaired) electrons. The van der Waals surface area contributed by atoms with E-state index in [0.717, 1.165) is 5.57 Å². The Morgan fingerprint density at radius 3 is 1.50 bits per heavy atom. The molecule has 10 rings (SSSR count). The van der Waals surface area contributed by atoms with E-state index < -0.39 is 280 Å². The van der Waals surface area contributed by atoms with Crippen LogP contribution in [0.1, 0.15) is 108 Å². The second-order valence-corrected chi connectivity index (χ2v) is 31.5. The summed E-state index contributed by atoms with van der Waals surface area (Å²) in [4.78, 5) is 27.7. The van der Waals surface area contributed by atoms with Gasteiger partial charge in [-0.2, -0.15) is 0 Å². The molecule has 102 heavy (non-hydrogen) atoms. The number of ether oxygens (including phenoxy) is 12. The highest BCUT2D eigenvalue weighted by atomic mass is 16.8. The molecule has 2 unspecified atom stereocenters. The van der Waals surface area contributed by atoms with Gasteiger partial charge in [-0.15, -0.1) is 0 Å². The fraction of sp³-hybridized carbons (Fsp3) is 0.884. The maximum absolute atomic E-state index is 14.0. The summed E-state index contributed by atoms with van der Waals surface area (Å²) in [5.41, 5.74) is -5.73. The zero-order chi connectivity index (χ0) is 75.2. The number of fused-ring (bicyclic) bond motifs is 7. The zero-order valence-corrected chi connectivity index (χ0v) is 59.1. The van der Waals surface area contributed by atoms with E-state index in [1.165, 1.54) is 0 Å². The minimum Gasteiger partial charge on any atom is -0.454 e. The first-order valence-corrected chi connectivity index (χ1v) is 35.4. The van der Waals surface area contributed by atoms with E-state index in [4.69, 9.17) is 56.8 Å². The van der Waals surface area contributed by atoms with Gasteiger partial charge in [-0.25, -0.2) is 9.59 Å². The molecule has 0 aromatic heterocycles. The summed E-state index contributed by atoms with van der Waals surface area (Å²) in [7, 11) is 0. The van der Waals surface area contributed by atoms with Gasteiger partial charge in [0.2, 0.25) is 0 Å². The van der Waals surface area contributed by atoms with Crippen LogP contribution < -0.4 is 0 Å². The van der Waals surface area contributed by atoms with E-state index >= 15 is 0 Å². The number of hydrogen-bond acceptors (Lipinski definition) is 33. The molecule has 5 aliphatic carbocycles. The molecule has 37 atom stereocenters. The molecule has 0 bridgehead atoms. The van der Waals surface area contributed by atoms with Gasteiger partial charge in [-0.1, -0.05) is 65.3 Å². The van der Waals surface area contributed by atoms with Gasteiger partial charge >= 0.3 is 11.9 Å². The predicted molar refractivity (Wildman–Crippen MR) is 343 cm³/mol. The molecule has 33 nitrogen and oxygen atoms in total. The molecule has 0 aromatic rings. The van der Waals surface area contributed by atoms with E-state index in [-0.39, 0.29) is 29.9 Å². The van der Waals surface area contributed by atoms with Crippen LogP contribution in [0.2, 0.25) is 0 Å². The highest BCUT2D eigenvalue weighted by molar-refractivity contribution is 5.89. The third-order valence-electron chi connectivity index (χ3n) is 25.7. The van der Waals surface area contributed by atoms with E-state index in [1.807, 2.05) is 27.7 Å². The molecule has 33 heteroatoms. The Morgan fingerprint density at radius 1 is 0.520 bits per heavy atom. The van der Waals surface area contributed by atoms with Crippen molar-refractivity contribution < 1.29 is 163 Å². The van der Waals surface area contributed by atoms with Crippen molar-refractivity contribution in [3.05, 3.63) is 34.9 Å². The van der Waals surface area contributed by atoms with Crippen molar-refractivity contribution in [2.24, 2.45) is 50.2 Å². The molecule has 5 aliphatic heterocycles. The van der Waals surface area contributed by atoms with Gasteiger partial charge in [0.25, 0.3) is 0 Å². The molecule has 0 spiro atoms. The van der Waals surface area contributed by atoms with Crippen molar-refractivity contribution in [1.82, 2.24) is 0 Å². The predicted octanol–water partition coefficient (Wildman–Crippen LogP) is -5.21. The highest BCUT2D eigenvalue weighted by Gasteiger charge is 2.77. The minimum atomic E-state index is -2.19. The van der Waals surface area contributed by atoms with Crippen LogP contribution in [0.25, 0.3) is 0 Å². The number of esters is 2. The summed E-state index contributed by atoms with van der Waals surface area (Å²) in [5.74, 6) is -3.02. The quantitative estimate of drug-likeness (QED) is 0.0234. The summed E-state index contributed by atoms with van der Waals surface area (Å²) < 4.78 is 73.5. The van der Waals surface area contributed by atoms with Crippen LogP contribution in [0, 0.1) is 50.2 Å². The van der Waals surface area contributed by atoms with Crippen LogP contribution in [0.15, 0.2) is 34.9 Å². The third kappa shape index (κ3) is 13.6. The fourth-order valence-electron chi connectivity index (χ4n) is 19.1. The van der Waals surface area contributed by atoms with Gasteiger partial charge in [-0.3, -0.25) is 0 Å². The van der Waals surface area contributed by atoms with Crippen molar-refractivity contribution in [1.29, 1.82) is 0 Å². The Bertz CT molecular complexity index is 2990. The number of hydrogen-bond donors (Lipinski definition) is 19. The third-order valence-corrected chi connectivity index (χ3v) is 25.7. The Morgan fingerprint density at radius 2 is 1.01 bits per heavy atom. The van der Waals surface area contributed by atoms with Crippen molar-refractivity contribution in [3.63, 3.8) is 0 Å². The zero-order valence-electron chi connectivity index (χ0n) is 59.1. The molecule has 19 N–H and O–H groups in total. The molecular weight excluding hydrogens is 1360 g/mol. The maximum Gasteiger partial charge on any atom is 0.333 e. The minimum absolute atomic E-state index is 0.111. The summed E-state index contributed by atoms with van der Waals surface area (Å²) >= 11 is 0. The molecule has 5 heterocycles. The average Bonchev–Trinajstić information content (AvgIpc) is 0.661. The van der Waals surface area contributed by atoms with Gasteiger partial charge in [0.1, 0.15) is 122 Å². The van der Waals surface area contributed by atoms with Crippen molar-refractivity contribution in [2.75, 3.05) is 46.2 Å². The van der Waals surface area contributed by atoms with E-state index in [9.17, 15) is 107 Å². The fourth-order valence-corrected chi connectivity index (χ4v) is 19.1. The number of aliphatic hydroxyl groups is 19. The second-order valence-electron chi connectivity index (χ2n) is 31.5. The number of carbonyl (C=O) groups is 2. The Hall–Kier alpha value is -3.00. The molecule has 4 saturated carbocycles. The van der Waals surface area contributed by atoms with Crippen molar-refractivity contribution in [2.45, 2.75) is 286 Å². The first-order chi connectivity index (χ1) is 47.9. The molecule has 0 aromatic carbocycles. The topological polar surface area (TPSA) is 529 Å². The average molecular weight is 1470 g/mol. The maximum atomic E-state index is 14.0. The molecule has 584 valence electrons. The SMILES string of the molecule is C/C=C(\C)C(=O)O[C@H]1[C@H](OC(=O)/C(C)=C/C)[C@@]2(CO)C(CC1(C)C)C1=CC[C@@H]3[C@@]4(C)CC[C@H](O[C@@H]5O[C@H](CO[C@@H]6OC[C@H](O)[C@H](O[C@@H]7O[C@H](CO)[C@@H](O)[C@H](O)[C@H]7O)[C@H]6O)[C@@H](O[C@@H]6O[C@H](CO)[C@@H](O)[C@H](O)[C@H]6O)[C@H](O)[C@H]5O[C@@H]5O[C@H](CO)[C@@H](O)[C@H](O)[C@H]5O)[C@@](C)(CO)C4CC[C@@]3(C)[C@]1(C)[C@@H](O)[C@H]2O. The number of allylic oxidation sites excluding steroid dienone is 3. The lowest BCUT2D eigenvalue weighted by atomic mass is 9.32. The van der Waals surface area contributed by atoms with Crippen molar-refractivity contribution >= 4 is 11.9 Å². The Balaban J connectivity index is 0.990. The smallest absolute Gasteiger partial charge is 0.333 e. The van der Waals surface area contributed by atoms with Gasteiger partial charge in [0.15, 0.2) is 37.6 Å². The molecule has 0 amide bonds. The van der Waals surface area contributed by atoms with E-state index in [1.54, 1.807) is 39.8 Å². The normalized spacial score (nSPS) is 51.3. The van der Waals surface area contributed by atoms with Crippen LogP contribution in [0.4, 0.5) is 0 Å². The van der Waals surface area contributed by atoms with E-state index in [2.05, 4.69) is 19.9 Å². The molecule has 5 saturated heterocycles. The summed E-state index contributed by atoms with van der Waals surface area (Å²) in [6.07, 6.45) is -45.7. The summed E-state index contributed by atoms with van der Waals surface area (Å²) in [6, 6.07) is 0. The Labute approximate surface area is 590 Å². The second kappa shape index (κ2) is 31.2. The van der Waals surface area contributed by atoms with E-state index in [0.29, 0.717) is 25.7 Å². The standard InChI is InChI=1S/C69H110O33/c1-11-27(3)57(89)101-55-56(102-58(90)28(4)12-2)69(26-74)30(19-64(55,5)6)29-13-14-37-65(7)17-16-38(66(8,25-73)36(65)15-18-67(37,9)68(29,10)53(87)54(69)88)97-63-52(100-62-47(84)44(81)41(78)34(22-72)95-62)48(85)51(99-61-46(83)43(80)40(77)33(21-71)94-61)35(96-63)24-92-59-49(86)50(31(75)23-91-59)98-60-45(82)42(79)39(76)32(20-70)93-60/h11-13,30-56,59-63,70-88H,14-26H2,1-10H3/b27-11+,28-12+/t30?,31-,32+,33+,34+,35+,36?,37+,38-,39+,40+,41+,42-,43-,44-,45+,46+,47+,48-,49+,50-,51+,52+,53-,54+,55-,56-,59-,60-,61-,62-,63-,65-,66-,67+,68-,69-/m0/s1. The number of carbonyl (C=O) groups excluding carboxylic acids is 2. The van der Waals surface area contributed by atoms with Crippen LogP contribution in [0.3, 0.4) is 0 Å². The lowest BCUT2D eigenvalue weighted by molar-refractivity contribution is -0.400. The number of rotatable bonds is 20. The first kappa shape index (κ1) is 81.5. The monoisotopic (exact) mass is 1470 g/mol. The molecular formula is C69H110O33. The lowest BCUT2D eigenvalue weighted by Gasteiger charge is -2.73. The highest BCUT2D eigenvalue weighted by Crippen LogP contribution is 2.76. The van der Waals surface area contributed by atoms with Crippen LogP contribution in [-0.4, -0.2) is 333 Å². The van der Waals surface area contributed by atoms with Crippen LogP contribution in [-0.2, 0) is 66.4 Å². The van der Waals surface area contributed by atoms with Gasteiger partial charge in [-0.05, 0) is 94.8 Å². The summed E-state index contributed by atoms with van der Waals surface area (Å²) in [5, 5.41) is 215. The van der Waals surface area contributed by atoms with Gasteiger partial charge < -0.3 is 154 Å². The van der Waals surface area contributed by atoms with Crippen LogP contribution >= 0.6 is 0 Å². The molecule has 9 fully saturated rings. The van der Waals surface area contributed by atoms with Crippen LogP contribution in [0.5, 0.6) is 0 Å². The first-order valence-electron chi connectivity index (χ1n) is 35.4. The lowest BCUT2D eigenvalue weighted by Crippen LogP contribution is -2.76. The number of aliphatic hydroxyl groups excluding tert-OH is 19. The Kier molecular flexibility index (Phi) is 24.9. The molecule has 10 aliphatic rings. The summed E-state index contributed by atoms with van der Waals surface area (Å²) in [6.45, 7) is 12.6. The van der Waals surface area contributed by atoms with Gasteiger partial charge in [0.05, 0.1) is 70.0 Å². The largest absolute Gasteiger partial charge is 0.454 e. The van der Waals surface area contributed by atoms with Gasteiger partial charge in [0, 0.05) is 27.4 Å².